The maximum atomic E-state index is 14.1. The van der Waals surface area contributed by atoms with Crippen LogP contribution in [0.3, 0.4) is 0 Å². The second kappa shape index (κ2) is 15.1. The van der Waals surface area contributed by atoms with Crippen LogP contribution in [-0.2, 0) is 31.9 Å². The summed E-state index contributed by atoms with van der Waals surface area (Å²) in [5.74, 6) is -0.304. The van der Waals surface area contributed by atoms with Crippen molar-refractivity contribution < 1.29 is 97.1 Å². The minimum atomic E-state index is -5.23. The number of anilines is 1. The number of phosphoric ester groups is 1. The van der Waals surface area contributed by atoms with E-state index in [0.717, 1.165) is 17.0 Å². The Hall–Kier alpha value is -1.90. The van der Waals surface area contributed by atoms with Gasteiger partial charge in [0.25, 0.3) is 0 Å². The molecule has 2 fully saturated rings. The summed E-state index contributed by atoms with van der Waals surface area (Å²) < 4.78 is 21.3. The second-order valence-electron chi connectivity index (χ2n) is 10.4. The fourth-order valence-electron chi connectivity index (χ4n) is 5.88. The van der Waals surface area contributed by atoms with Gasteiger partial charge in [0, 0.05) is 33.5 Å². The van der Waals surface area contributed by atoms with Gasteiger partial charge < -0.3 is 38.3 Å². The molecule has 5 rings (SSSR count). The Bertz CT molecular complexity index is 1440. The van der Waals surface area contributed by atoms with Crippen molar-refractivity contribution in [1.82, 2.24) is 19.8 Å². The number of carbonyl (C=O) groups excluding carboxylic acids is 3. The quantitative estimate of drug-likeness (QED) is 0.155. The van der Waals surface area contributed by atoms with Gasteiger partial charge in [0.2, 0.25) is 17.7 Å². The molecule has 3 aliphatic heterocycles. The average molecular weight is 644 g/mol. The number of amides is 3. The van der Waals surface area contributed by atoms with Crippen molar-refractivity contribution in [3.05, 3.63) is 66.2 Å². The minimum Gasteiger partial charge on any atom is -0.780 e. The molecule has 2 aromatic rings. The maximum absolute atomic E-state index is 14.1. The molecular weight excluding hydrogens is 611 g/mol. The number of para-hydroxylation sites is 1. The molecule has 0 unspecified atom stereocenters. The van der Waals surface area contributed by atoms with Crippen molar-refractivity contribution in [2.75, 3.05) is 44.7 Å². The fourth-order valence-corrected chi connectivity index (χ4v) is 6.26. The van der Waals surface area contributed by atoms with E-state index >= 15 is 0 Å². The first-order valence-corrected chi connectivity index (χ1v) is 14.9. The molecule has 0 N–H and O–H groups in total. The van der Waals surface area contributed by atoms with Crippen LogP contribution in [-0.4, -0.2) is 89.6 Å². The van der Waals surface area contributed by atoms with Gasteiger partial charge in [0.15, 0.2) is 0 Å². The number of fused-ring (bicyclic) bond motifs is 2. The van der Waals surface area contributed by atoms with Crippen LogP contribution in [0.4, 0.5) is 5.69 Å². The van der Waals surface area contributed by atoms with Gasteiger partial charge in [0.05, 0.1) is 25.3 Å². The Balaban J connectivity index is 0.00000264. The number of hydrazine groups is 1. The first-order chi connectivity index (χ1) is 20.0. The summed E-state index contributed by atoms with van der Waals surface area (Å²) >= 11 is 0. The van der Waals surface area contributed by atoms with E-state index in [1.165, 1.54) is 41.1 Å². The number of piperazine rings is 1. The van der Waals surface area contributed by atoms with Crippen LogP contribution < -0.4 is 83.1 Å². The summed E-state index contributed by atoms with van der Waals surface area (Å²) in [6.07, 6.45) is 0.947. The molecule has 0 spiro atoms. The summed E-state index contributed by atoms with van der Waals surface area (Å²) in [6.45, 7) is 6.91. The third kappa shape index (κ3) is 7.90. The van der Waals surface area contributed by atoms with Crippen LogP contribution in [0.15, 0.2) is 55.1 Å². The number of rotatable bonds is 8. The van der Waals surface area contributed by atoms with Crippen molar-refractivity contribution in [2.24, 2.45) is 0 Å². The number of phosphoric acid groups is 1. The van der Waals surface area contributed by atoms with E-state index in [1.54, 1.807) is 16.0 Å². The van der Waals surface area contributed by atoms with E-state index in [0.29, 0.717) is 18.7 Å². The molecule has 13 nitrogen and oxygen atoms in total. The molecule has 0 aromatic heterocycles. The van der Waals surface area contributed by atoms with Crippen LogP contribution in [0.25, 0.3) is 0 Å². The predicted octanol–water partition coefficient (Wildman–Crippen LogP) is -5.90. The third-order valence-electron chi connectivity index (χ3n) is 7.57. The molecule has 3 amide bonds. The van der Waals surface area contributed by atoms with Crippen molar-refractivity contribution >= 4 is 31.2 Å². The number of benzene rings is 2. The Morgan fingerprint density at radius 3 is 2.50 bits per heavy atom. The monoisotopic (exact) mass is 643 g/mol. The van der Waals surface area contributed by atoms with Crippen molar-refractivity contribution in [3.63, 3.8) is 0 Å². The summed E-state index contributed by atoms with van der Waals surface area (Å²) in [6, 6.07) is 10.4. The van der Waals surface area contributed by atoms with Gasteiger partial charge in [-0.2, -0.15) is 0 Å². The number of carbonyl (C=O) groups is 3. The largest absolute Gasteiger partial charge is 1.00 e. The van der Waals surface area contributed by atoms with Gasteiger partial charge in [-0.15, -0.1) is 6.58 Å². The molecule has 0 bridgehead atoms. The van der Waals surface area contributed by atoms with E-state index in [4.69, 9.17) is 4.74 Å². The van der Waals surface area contributed by atoms with Crippen LogP contribution in [0.5, 0.6) is 11.5 Å². The summed E-state index contributed by atoms with van der Waals surface area (Å²) in [4.78, 5) is 67.8. The van der Waals surface area contributed by atoms with E-state index < -0.39 is 20.0 Å². The molecule has 224 valence electrons. The summed E-state index contributed by atoms with van der Waals surface area (Å²) in [5, 5.41) is 3.15. The molecule has 3 aliphatic rings. The van der Waals surface area contributed by atoms with Gasteiger partial charge in [0.1, 0.15) is 38.1 Å². The van der Waals surface area contributed by atoms with E-state index in [-0.39, 0.29) is 115 Å². The van der Waals surface area contributed by atoms with Crippen molar-refractivity contribution in [1.29, 1.82) is 0 Å². The normalized spacial score (nSPS) is 20.1. The zero-order valence-corrected chi connectivity index (χ0v) is 30.3. The average Bonchev–Trinajstić information content (AvgIpc) is 2.91. The topological polar surface area (TPSA) is 149 Å². The Morgan fingerprint density at radius 1 is 1.16 bits per heavy atom. The van der Waals surface area contributed by atoms with Crippen LogP contribution in [0.1, 0.15) is 18.1 Å². The van der Waals surface area contributed by atoms with Gasteiger partial charge in [-0.05, 0) is 29.3 Å². The molecule has 0 aliphatic carbocycles. The third-order valence-corrected chi connectivity index (χ3v) is 8.01. The van der Waals surface area contributed by atoms with E-state index in [2.05, 4.69) is 16.0 Å². The first kappa shape index (κ1) is 36.6. The van der Waals surface area contributed by atoms with Gasteiger partial charge in [-0.3, -0.25) is 19.4 Å². The van der Waals surface area contributed by atoms with Gasteiger partial charge in [-0.25, -0.2) is 5.01 Å². The summed E-state index contributed by atoms with van der Waals surface area (Å²) in [5.41, 5.74) is 2.36. The molecule has 44 heavy (non-hydrogen) atoms. The van der Waals surface area contributed by atoms with Crippen molar-refractivity contribution in [2.45, 2.75) is 32.1 Å². The zero-order chi connectivity index (χ0) is 30.2. The SMILES string of the molecule is C=CCN1CC(=O)N2[C@@H](Cc3ccc(OP(=O)([O-])[O-])cc3)C(=O)N(Cc3cccc4c3N(C)CCO4)C[C@@H]2N1C(C)=O.[Na+].[Na+]. The van der Waals surface area contributed by atoms with Crippen molar-refractivity contribution in [3.8, 4) is 11.5 Å². The zero-order valence-electron chi connectivity index (χ0n) is 25.4. The first-order valence-electron chi connectivity index (χ1n) is 13.5. The minimum absolute atomic E-state index is 0. The number of nitrogens with zero attached hydrogens (tertiary/aromatic N) is 5. The Kier molecular flexibility index (Phi) is 12.6. The smallest absolute Gasteiger partial charge is 0.780 e. The summed E-state index contributed by atoms with van der Waals surface area (Å²) in [7, 11) is -3.27. The number of ether oxygens (including phenoxy) is 1. The molecule has 2 atom stereocenters. The second-order valence-corrected chi connectivity index (χ2v) is 11.5. The number of hydrogen-bond donors (Lipinski definition) is 0. The van der Waals surface area contributed by atoms with E-state index in [9.17, 15) is 28.7 Å². The number of hydrogen-bond acceptors (Lipinski definition) is 10. The maximum Gasteiger partial charge on any atom is 1.00 e. The Labute approximate surface area is 300 Å². The molecule has 2 aromatic carbocycles. The predicted molar refractivity (Wildman–Crippen MR) is 148 cm³/mol. The standard InChI is InChI=1S/C28H34N5O8P.2Na/c1-4-12-31-18-26(35)32-23(15-20-8-10-22(11-9-20)41-42(37,38)39)28(36)30(17-25(32)33(31)19(2)34)16-21-6-5-7-24-27(21)29(3)13-14-40-24;;/h4-11,23,25H,1,12-18H2,2-3H3,(H2,37,38,39);;/q;2*+1/p-2/t23-,25-;;/m0../s1. The molecule has 2 saturated heterocycles. The molecule has 16 heteroatoms. The van der Waals surface area contributed by atoms with Crippen LogP contribution in [0.2, 0.25) is 0 Å². The fraction of sp³-hybridized carbons (Fsp3) is 0.393. The van der Waals surface area contributed by atoms with Gasteiger partial charge in [-0.1, -0.05) is 30.3 Å². The van der Waals surface area contributed by atoms with Crippen LogP contribution >= 0.6 is 7.82 Å². The molecular formula is C28H32N5Na2O8P. The Morgan fingerprint density at radius 2 is 1.86 bits per heavy atom. The van der Waals surface area contributed by atoms with Gasteiger partial charge >= 0.3 is 59.1 Å². The molecule has 0 saturated carbocycles. The molecule has 3 heterocycles. The number of likely N-dealkylation sites (N-methyl/N-ethyl adjacent to an activating group) is 1. The van der Waals surface area contributed by atoms with E-state index in [1.807, 2.05) is 25.2 Å². The molecule has 0 radical (unpaired) electrons. The van der Waals surface area contributed by atoms with Crippen LogP contribution in [0, 0.1) is 0 Å².